The van der Waals surface area contributed by atoms with Gasteiger partial charge in [-0.3, -0.25) is 0 Å². The second-order valence-corrected chi connectivity index (χ2v) is 7.96. The van der Waals surface area contributed by atoms with Crippen LogP contribution in [0.5, 0.6) is 5.75 Å². The first kappa shape index (κ1) is 16.3. The van der Waals surface area contributed by atoms with Crippen LogP contribution < -0.4 is 9.46 Å². The number of benzene rings is 1. The standard InChI is InChI=1S/C14H16ClNO3S2/c1-2-19-12-6-4-3-5-11(12)9-10-16-21(17,18)14-8-7-13(15)20-14/h3-8,16H,2,9-10H2,1H3. The molecule has 0 amide bonds. The summed E-state index contributed by atoms with van der Waals surface area (Å²) >= 11 is 6.80. The average molecular weight is 346 g/mol. The Morgan fingerprint density at radius 1 is 1.24 bits per heavy atom. The SMILES string of the molecule is CCOc1ccccc1CCNS(=O)(=O)c1ccc(Cl)s1. The predicted molar refractivity (Wildman–Crippen MR) is 85.8 cm³/mol. The van der Waals surface area contributed by atoms with E-state index in [0.717, 1.165) is 22.6 Å². The zero-order valence-corrected chi connectivity index (χ0v) is 13.9. The molecule has 0 saturated heterocycles. The van der Waals surface area contributed by atoms with Gasteiger partial charge in [-0.05, 0) is 37.1 Å². The summed E-state index contributed by atoms with van der Waals surface area (Å²) in [6, 6.07) is 10.7. The number of para-hydroxylation sites is 1. The van der Waals surface area contributed by atoms with Crippen molar-refractivity contribution in [3.63, 3.8) is 0 Å². The fourth-order valence-electron chi connectivity index (χ4n) is 1.84. The van der Waals surface area contributed by atoms with Gasteiger partial charge in [0.15, 0.2) is 0 Å². The van der Waals surface area contributed by atoms with E-state index in [9.17, 15) is 8.42 Å². The van der Waals surface area contributed by atoms with Crippen molar-refractivity contribution in [2.75, 3.05) is 13.2 Å². The normalized spacial score (nSPS) is 11.5. The fourth-order valence-corrected chi connectivity index (χ4v) is 4.40. The van der Waals surface area contributed by atoms with Gasteiger partial charge in [-0.25, -0.2) is 13.1 Å². The molecule has 0 aliphatic heterocycles. The highest BCUT2D eigenvalue weighted by Crippen LogP contribution is 2.25. The maximum absolute atomic E-state index is 12.1. The number of nitrogens with one attached hydrogen (secondary N) is 1. The quantitative estimate of drug-likeness (QED) is 0.837. The Kier molecular flexibility index (Phi) is 5.64. The van der Waals surface area contributed by atoms with Crippen LogP contribution >= 0.6 is 22.9 Å². The number of hydrogen-bond donors (Lipinski definition) is 1. The van der Waals surface area contributed by atoms with E-state index in [-0.39, 0.29) is 4.21 Å². The van der Waals surface area contributed by atoms with Gasteiger partial charge in [-0.2, -0.15) is 0 Å². The highest BCUT2D eigenvalue weighted by molar-refractivity contribution is 7.91. The minimum absolute atomic E-state index is 0.227. The summed E-state index contributed by atoms with van der Waals surface area (Å²) in [5.41, 5.74) is 0.978. The number of thiophene rings is 1. The number of sulfonamides is 1. The molecule has 0 fully saturated rings. The smallest absolute Gasteiger partial charge is 0.250 e. The van der Waals surface area contributed by atoms with Crippen LogP contribution in [0, 0.1) is 0 Å². The van der Waals surface area contributed by atoms with Gasteiger partial charge < -0.3 is 4.74 Å². The van der Waals surface area contributed by atoms with Crippen LogP contribution in [0.15, 0.2) is 40.6 Å². The number of rotatable bonds is 7. The van der Waals surface area contributed by atoms with E-state index in [1.165, 1.54) is 6.07 Å². The molecule has 0 atom stereocenters. The largest absolute Gasteiger partial charge is 0.494 e. The molecule has 0 unspecified atom stereocenters. The summed E-state index contributed by atoms with van der Waals surface area (Å²) in [7, 11) is -3.49. The third-order valence-corrected chi connectivity index (χ3v) is 5.96. The molecule has 4 nitrogen and oxygen atoms in total. The van der Waals surface area contributed by atoms with Gasteiger partial charge in [0.05, 0.1) is 10.9 Å². The highest BCUT2D eigenvalue weighted by Gasteiger charge is 2.16. The lowest BCUT2D eigenvalue weighted by atomic mass is 10.1. The lowest BCUT2D eigenvalue weighted by Gasteiger charge is -2.10. The summed E-state index contributed by atoms with van der Waals surface area (Å²) in [5.74, 6) is 0.790. The summed E-state index contributed by atoms with van der Waals surface area (Å²) in [4.78, 5) is 0. The zero-order chi connectivity index (χ0) is 15.3. The Labute approximate surface area is 133 Å². The summed E-state index contributed by atoms with van der Waals surface area (Å²) in [5, 5.41) is 0. The van der Waals surface area contributed by atoms with Crippen molar-refractivity contribution in [3.8, 4) is 5.75 Å². The Morgan fingerprint density at radius 2 is 2.00 bits per heavy atom. The van der Waals surface area contributed by atoms with Crippen molar-refractivity contribution >= 4 is 33.0 Å². The molecule has 21 heavy (non-hydrogen) atoms. The average Bonchev–Trinajstić information content (AvgIpc) is 2.88. The van der Waals surface area contributed by atoms with Crippen molar-refractivity contribution < 1.29 is 13.2 Å². The third kappa shape index (κ3) is 4.44. The van der Waals surface area contributed by atoms with Crippen LogP contribution in [0.25, 0.3) is 0 Å². The third-order valence-electron chi connectivity index (χ3n) is 2.77. The summed E-state index contributed by atoms with van der Waals surface area (Å²) < 4.78 is 32.9. The fraction of sp³-hybridized carbons (Fsp3) is 0.286. The van der Waals surface area contributed by atoms with Gasteiger partial charge in [-0.15, -0.1) is 11.3 Å². The second-order valence-electron chi connectivity index (χ2n) is 4.25. The first-order chi connectivity index (χ1) is 10.0. The topological polar surface area (TPSA) is 55.4 Å². The molecule has 1 aromatic carbocycles. The predicted octanol–water partition coefficient (Wildman–Crippen LogP) is 3.32. The molecule has 0 bridgehead atoms. The van der Waals surface area contributed by atoms with Crippen molar-refractivity contribution in [2.24, 2.45) is 0 Å². The van der Waals surface area contributed by atoms with Gasteiger partial charge in [0.25, 0.3) is 0 Å². The molecule has 1 aromatic heterocycles. The van der Waals surface area contributed by atoms with Gasteiger partial charge >= 0.3 is 0 Å². The molecule has 1 heterocycles. The second kappa shape index (κ2) is 7.26. The first-order valence-corrected chi connectivity index (χ1v) is 9.16. The van der Waals surface area contributed by atoms with E-state index in [4.69, 9.17) is 16.3 Å². The molecule has 114 valence electrons. The van der Waals surface area contributed by atoms with E-state index < -0.39 is 10.0 Å². The summed E-state index contributed by atoms with van der Waals surface area (Å²) in [6.07, 6.45) is 0.564. The monoisotopic (exact) mass is 345 g/mol. The minimum atomic E-state index is -3.49. The molecule has 2 rings (SSSR count). The van der Waals surface area contributed by atoms with Crippen molar-refractivity contribution in [1.29, 1.82) is 0 Å². The Bertz CT molecular complexity index is 698. The van der Waals surface area contributed by atoms with Crippen LogP contribution in [0.4, 0.5) is 0 Å². The Hall–Kier alpha value is -1.08. The summed E-state index contributed by atoms with van der Waals surface area (Å²) in [6.45, 7) is 2.80. The van der Waals surface area contributed by atoms with Gasteiger partial charge in [0.1, 0.15) is 9.96 Å². The molecule has 0 radical (unpaired) electrons. The van der Waals surface area contributed by atoms with Crippen molar-refractivity contribution in [2.45, 2.75) is 17.6 Å². The molecule has 0 saturated carbocycles. The van der Waals surface area contributed by atoms with E-state index in [2.05, 4.69) is 4.72 Å². The molecule has 0 aliphatic rings. The van der Waals surface area contributed by atoms with E-state index in [1.807, 2.05) is 31.2 Å². The van der Waals surface area contributed by atoms with Crippen LogP contribution in [-0.2, 0) is 16.4 Å². The Balaban J connectivity index is 1.98. The molecule has 0 spiro atoms. The van der Waals surface area contributed by atoms with E-state index in [1.54, 1.807) is 6.07 Å². The van der Waals surface area contributed by atoms with Crippen LogP contribution in [0.3, 0.4) is 0 Å². The van der Waals surface area contributed by atoms with Gasteiger partial charge in [-0.1, -0.05) is 29.8 Å². The lowest BCUT2D eigenvalue weighted by molar-refractivity contribution is 0.336. The lowest BCUT2D eigenvalue weighted by Crippen LogP contribution is -2.25. The first-order valence-electron chi connectivity index (χ1n) is 6.48. The van der Waals surface area contributed by atoms with Crippen LogP contribution in [0.1, 0.15) is 12.5 Å². The maximum atomic E-state index is 12.1. The van der Waals surface area contributed by atoms with Crippen LogP contribution in [-0.4, -0.2) is 21.6 Å². The molecular formula is C14H16ClNO3S2. The van der Waals surface area contributed by atoms with Crippen molar-refractivity contribution in [1.82, 2.24) is 4.72 Å². The zero-order valence-electron chi connectivity index (χ0n) is 11.5. The molecule has 0 aliphatic carbocycles. The molecular weight excluding hydrogens is 330 g/mol. The Morgan fingerprint density at radius 3 is 2.67 bits per heavy atom. The molecule has 1 N–H and O–H groups in total. The van der Waals surface area contributed by atoms with Gasteiger partial charge in [0, 0.05) is 6.54 Å². The minimum Gasteiger partial charge on any atom is -0.494 e. The van der Waals surface area contributed by atoms with Gasteiger partial charge in [0.2, 0.25) is 10.0 Å². The number of hydrogen-bond acceptors (Lipinski definition) is 4. The maximum Gasteiger partial charge on any atom is 0.250 e. The van der Waals surface area contributed by atoms with Crippen molar-refractivity contribution in [3.05, 3.63) is 46.3 Å². The highest BCUT2D eigenvalue weighted by atomic mass is 35.5. The number of halogens is 1. The molecule has 2 aromatic rings. The van der Waals surface area contributed by atoms with Crippen LogP contribution in [0.2, 0.25) is 4.34 Å². The van der Waals surface area contributed by atoms with E-state index in [0.29, 0.717) is 23.9 Å². The molecule has 7 heteroatoms. The number of ether oxygens (including phenoxy) is 1. The van der Waals surface area contributed by atoms with E-state index >= 15 is 0 Å².